The Kier molecular flexibility index (Phi) is 7.02. The summed E-state index contributed by atoms with van der Waals surface area (Å²) in [4.78, 5) is 25.2. The van der Waals surface area contributed by atoms with Gasteiger partial charge in [-0.05, 0) is 34.1 Å². The van der Waals surface area contributed by atoms with Crippen LogP contribution in [0.4, 0.5) is 34.6 Å². The molecule has 4 aromatic heterocycles. The Morgan fingerprint density at radius 2 is 1.85 bits per heavy atom. The Hall–Kier alpha value is -4.17. The molecule has 204 valence electrons. The molecule has 0 atom stereocenters. The van der Waals surface area contributed by atoms with Gasteiger partial charge >= 0.3 is 0 Å². The largest absolute Gasteiger partial charge is 0.479 e. The lowest BCUT2D eigenvalue weighted by atomic mass is 10.1. The zero-order valence-electron chi connectivity index (χ0n) is 22.2. The van der Waals surface area contributed by atoms with Crippen molar-refractivity contribution in [1.82, 2.24) is 34.7 Å². The first-order valence-corrected chi connectivity index (χ1v) is 14.4. The maximum Gasteiger partial charge on any atom is 0.239 e. The number of rotatable bonds is 7. The standard InChI is InChI=1S/C26H26BrN11OS/c1-37-10-7-20-15(12-31-38(20)2)14-11-19(25(39-3)35-24(14)37)33-26-30-13-16(27)23(34-26)32-18-6-5-17-21(22(18)36-40-4)29-9-8-28-17/h5-6,8-9,11-13,36H,7,10H2,1-4H3,(H2,30,32,33,34). The van der Waals surface area contributed by atoms with Gasteiger partial charge in [0.15, 0.2) is 0 Å². The van der Waals surface area contributed by atoms with Crippen molar-refractivity contribution in [3.05, 3.63) is 53.2 Å². The van der Waals surface area contributed by atoms with E-state index in [1.54, 1.807) is 25.7 Å². The van der Waals surface area contributed by atoms with Crippen LogP contribution in [-0.2, 0) is 13.5 Å². The van der Waals surface area contributed by atoms with Crippen LogP contribution in [0.25, 0.3) is 22.2 Å². The highest BCUT2D eigenvalue weighted by molar-refractivity contribution is 9.10. The van der Waals surface area contributed by atoms with Gasteiger partial charge in [0.25, 0.3) is 0 Å². The Bertz CT molecular complexity index is 1730. The number of ether oxygens (including phenoxy) is 1. The summed E-state index contributed by atoms with van der Waals surface area (Å²) in [6.45, 7) is 0.820. The average molecular weight is 621 g/mol. The maximum absolute atomic E-state index is 5.67. The van der Waals surface area contributed by atoms with E-state index in [0.717, 1.165) is 58.0 Å². The van der Waals surface area contributed by atoms with Gasteiger partial charge in [-0.1, -0.05) is 11.9 Å². The van der Waals surface area contributed by atoms with Crippen LogP contribution >= 0.6 is 27.9 Å². The molecule has 40 heavy (non-hydrogen) atoms. The van der Waals surface area contributed by atoms with Gasteiger partial charge in [-0.3, -0.25) is 14.6 Å². The topological polar surface area (TPSA) is 131 Å². The normalized spacial score (nSPS) is 12.5. The molecule has 5 heterocycles. The lowest BCUT2D eigenvalue weighted by Crippen LogP contribution is -2.21. The number of pyridine rings is 1. The Morgan fingerprint density at radius 1 is 1.00 bits per heavy atom. The van der Waals surface area contributed by atoms with Gasteiger partial charge in [0.2, 0.25) is 11.8 Å². The minimum Gasteiger partial charge on any atom is -0.479 e. The Morgan fingerprint density at radius 3 is 2.67 bits per heavy atom. The fourth-order valence-corrected chi connectivity index (χ4v) is 5.40. The second-order valence-corrected chi connectivity index (χ2v) is 10.5. The number of aromatic nitrogens is 7. The third kappa shape index (κ3) is 4.73. The first kappa shape index (κ1) is 26.1. The Labute approximate surface area is 243 Å². The number of benzene rings is 1. The van der Waals surface area contributed by atoms with E-state index < -0.39 is 0 Å². The molecule has 0 spiro atoms. The number of hydrogen-bond donors (Lipinski definition) is 3. The molecule has 3 N–H and O–H groups in total. The smallest absolute Gasteiger partial charge is 0.239 e. The van der Waals surface area contributed by atoms with E-state index in [1.165, 1.54) is 11.9 Å². The molecule has 0 fully saturated rings. The monoisotopic (exact) mass is 619 g/mol. The zero-order chi connectivity index (χ0) is 27.8. The van der Waals surface area contributed by atoms with Gasteiger partial charge in [-0.15, -0.1) is 0 Å². The van der Waals surface area contributed by atoms with Crippen LogP contribution in [0.5, 0.6) is 5.88 Å². The van der Waals surface area contributed by atoms with Crippen molar-refractivity contribution in [2.45, 2.75) is 6.42 Å². The summed E-state index contributed by atoms with van der Waals surface area (Å²) < 4.78 is 11.6. The van der Waals surface area contributed by atoms with Crippen LogP contribution in [0.15, 0.2) is 47.5 Å². The van der Waals surface area contributed by atoms with Gasteiger partial charge < -0.3 is 25.0 Å². The maximum atomic E-state index is 5.67. The van der Waals surface area contributed by atoms with Gasteiger partial charge in [0.05, 0.1) is 34.7 Å². The third-order valence-electron chi connectivity index (χ3n) is 6.65. The van der Waals surface area contributed by atoms with Crippen molar-refractivity contribution in [3.8, 4) is 17.0 Å². The van der Waals surface area contributed by atoms with Crippen LogP contribution < -0.4 is 25.0 Å². The summed E-state index contributed by atoms with van der Waals surface area (Å²) in [5.41, 5.74) is 6.97. The summed E-state index contributed by atoms with van der Waals surface area (Å²) in [5, 5.41) is 11.2. The average Bonchev–Trinajstić information content (AvgIpc) is 3.27. The number of aryl methyl sites for hydroxylation is 1. The molecule has 12 nitrogen and oxygen atoms in total. The molecule has 0 bridgehead atoms. The molecule has 6 rings (SSSR count). The minimum absolute atomic E-state index is 0.374. The van der Waals surface area contributed by atoms with Gasteiger partial charge in [-0.25, -0.2) is 4.98 Å². The van der Waals surface area contributed by atoms with Crippen molar-refractivity contribution >= 4 is 73.6 Å². The van der Waals surface area contributed by atoms with E-state index >= 15 is 0 Å². The minimum atomic E-state index is 0.374. The van der Waals surface area contributed by atoms with Crippen molar-refractivity contribution in [2.75, 3.05) is 47.2 Å². The quantitative estimate of drug-likeness (QED) is 0.208. The lowest BCUT2D eigenvalue weighted by Gasteiger charge is -2.20. The van der Waals surface area contributed by atoms with Crippen molar-refractivity contribution < 1.29 is 4.74 Å². The second kappa shape index (κ2) is 10.8. The van der Waals surface area contributed by atoms with E-state index in [-0.39, 0.29) is 0 Å². The molecule has 0 unspecified atom stereocenters. The summed E-state index contributed by atoms with van der Waals surface area (Å²) >= 11 is 5.05. The molecule has 0 saturated heterocycles. The number of fused-ring (bicyclic) bond motifs is 4. The number of nitrogens with zero attached hydrogens (tertiary/aromatic N) is 8. The summed E-state index contributed by atoms with van der Waals surface area (Å²) in [6.07, 6.45) is 9.75. The summed E-state index contributed by atoms with van der Waals surface area (Å²) in [5.74, 6) is 2.22. The van der Waals surface area contributed by atoms with Crippen LogP contribution in [0.1, 0.15) is 5.69 Å². The first-order valence-electron chi connectivity index (χ1n) is 12.4. The molecule has 1 aliphatic heterocycles. The highest BCUT2D eigenvalue weighted by atomic mass is 79.9. The van der Waals surface area contributed by atoms with Crippen LogP contribution in [0.3, 0.4) is 0 Å². The van der Waals surface area contributed by atoms with Crippen molar-refractivity contribution in [3.63, 3.8) is 0 Å². The number of methoxy groups -OCH3 is 1. The number of anilines is 6. The highest BCUT2D eigenvalue weighted by Crippen LogP contribution is 2.40. The number of likely N-dealkylation sites (N-methyl/N-ethyl adjacent to an activating group) is 1. The van der Waals surface area contributed by atoms with E-state index in [9.17, 15) is 0 Å². The van der Waals surface area contributed by atoms with Crippen LogP contribution in [-0.4, -0.2) is 61.7 Å². The number of hydrogen-bond acceptors (Lipinski definition) is 12. The molecule has 5 aromatic rings. The molecule has 0 saturated carbocycles. The van der Waals surface area contributed by atoms with E-state index in [1.807, 2.05) is 49.4 Å². The lowest BCUT2D eigenvalue weighted by molar-refractivity contribution is 0.400. The molecule has 1 aromatic carbocycles. The summed E-state index contributed by atoms with van der Waals surface area (Å²) in [6, 6.07) is 5.88. The van der Waals surface area contributed by atoms with E-state index in [2.05, 4.69) is 56.2 Å². The predicted octanol–water partition coefficient (Wildman–Crippen LogP) is 5.16. The fraction of sp³-hybridized carbons (Fsp3) is 0.231. The third-order valence-corrected chi connectivity index (χ3v) is 7.64. The number of halogens is 1. The van der Waals surface area contributed by atoms with Crippen LogP contribution in [0, 0.1) is 0 Å². The molecule has 0 aliphatic carbocycles. The van der Waals surface area contributed by atoms with Gasteiger partial charge in [0.1, 0.15) is 22.8 Å². The van der Waals surface area contributed by atoms with E-state index in [0.29, 0.717) is 27.8 Å². The number of nitrogens with one attached hydrogen (secondary N) is 3. The molecule has 0 radical (unpaired) electrons. The van der Waals surface area contributed by atoms with Gasteiger partial charge in [-0.2, -0.15) is 15.1 Å². The molecular weight excluding hydrogens is 594 g/mol. The Balaban J connectivity index is 1.37. The second-order valence-electron chi connectivity index (χ2n) is 9.08. The van der Waals surface area contributed by atoms with Crippen LogP contribution in [0.2, 0.25) is 0 Å². The SMILES string of the molecule is COc1nc2c(cc1Nc1ncc(Br)c(Nc3ccc4nccnc4c3NSC)n1)-c1cnn(C)c1CCN2C. The molecular formula is C26H26BrN11OS. The van der Waals surface area contributed by atoms with Gasteiger partial charge in [0, 0.05) is 68.7 Å². The molecule has 0 amide bonds. The molecule has 1 aliphatic rings. The van der Waals surface area contributed by atoms with Crippen molar-refractivity contribution in [1.29, 1.82) is 0 Å². The molecule has 14 heteroatoms. The first-order chi connectivity index (χ1) is 19.5. The zero-order valence-corrected chi connectivity index (χ0v) is 24.6. The van der Waals surface area contributed by atoms with Crippen molar-refractivity contribution in [2.24, 2.45) is 7.05 Å². The fourth-order valence-electron chi connectivity index (χ4n) is 4.69. The summed E-state index contributed by atoms with van der Waals surface area (Å²) in [7, 11) is 5.60. The highest BCUT2D eigenvalue weighted by Gasteiger charge is 2.25. The van der Waals surface area contributed by atoms with E-state index in [4.69, 9.17) is 14.7 Å². The predicted molar refractivity (Wildman–Crippen MR) is 163 cm³/mol.